The van der Waals surface area contributed by atoms with E-state index in [0.29, 0.717) is 31.4 Å². The smallest absolute Gasteiger partial charge is 0.326 e. The molecule has 0 aliphatic carbocycles. The summed E-state index contributed by atoms with van der Waals surface area (Å²) in [7, 11) is 0. The highest BCUT2D eigenvalue weighted by Gasteiger charge is 2.38. The summed E-state index contributed by atoms with van der Waals surface area (Å²) in [5.74, 6) is -5.50. The molecule has 0 unspecified atom stereocenters. The van der Waals surface area contributed by atoms with E-state index in [1.165, 1.54) is 4.90 Å². The van der Waals surface area contributed by atoms with Gasteiger partial charge in [0.1, 0.15) is 24.2 Å². The normalized spacial score (nSPS) is 16.5. The number of unbranched alkanes of at least 4 members (excludes halogenated alkanes) is 1. The summed E-state index contributed by atoms with van der Waals surface area (Å²) in [6, 6.07) is 1.27. The number of benzene rings is 1. The van der Waals surface area contributed by atoms with Crippen LogP contribution < -0.4 is 38.9 Å². The number of hydrogen-bond donors (Lipinski definition) is 10. The molecule has 1 aromatic heterocycles. The molecule has 0 radical (unpaired) electrons. The molecule has 3 rings (SSSR count). The third-order valence-corrected chi connectivity index (χ3v) is 8.42. The highest BCUT2D eigenvalue weighted by molar-refractivity contribution is 5.96. The van der Waals surface area contributed by atoms with Gasteiger partial charge in [-0.05, 0) is 63.1 Å². The Labute approximate surface area is 288 Å². The number of guanidine groups is 1. The number of hydrogen-bond acceptors (Lipinski definition) is 9. The first-order valence-corrected chi connectivity index (χ1v) is 16.5. The molecule has 0 saturated carbocycles. The van der Waals surface area contributed by atoms with Crippen molar-refractivity contribution in [1.29, 1.82) is 0 Å². The molecule has 18 nitrogen and oxygen atoms in total. The van der Waals surface area contributed by atoms with Crippen molar-refractivity contribution in [2.24, 2.45) is 27.9 Å². The number of rotatable bonds is 20. The molecule has 50 heavy (non-hydrogen) atoms. The van der Waals surface area contributed by atoms with Gasteiger partial charge >= 0.3 is 11.9 Å². The fraction of sp³-hybridized carbons (Fsp3) is 0.531. The zero-order valence-electron chi connectivity index (χ0n) is 27.8. The molecule has 1 saturated heterocycles. The van der Waals surface area contributed by atoms with E-state index < -0.39 is 72.2 Å². The van der Waals surface area contributed by atoms with Crippen molar-refractivity contribution in [2.75, 3.05) is 19.6 Å². The lowest BCUT2D eigenvalue weighted by Gasteiger charge is -2.29. The van der Waals surface area contributed by atoms with Gasteiger partial charge in [0.2, 0.25) is 23.6 Å². The van der Waals surface area contributed by atoms with E-state index in [4.69, 9.17) is 28.0 Å². The number of aliphatic carboxylic acids is 2. The minimum absolute atomic E-state index is 0.0139. The lowest BCUT2D eigenvalue weighted by molar-refractivity contribution is -0.144. The molecular formula is C32H48N10O8. The van der Waals surface area contributed by atoms with E-state index in [1.54, 1.807) is 6.20 Å². The summed E-state index contributed by atoms with van der Waals surface area (Å²) in [6.45, 7) is 0.665. The molecule has 2 aromatic rings. The Morgan fingerprint density at radius 2 is 1.62 bits per heavy atom. The maximum absolute atomic E-state index is 14.0. The second-order valence-electron chi connectivity index (χ2n) is 12.2. The van der Waals surface area contributed by atoms with Gasteiger partial charge < -0.3 is 59.0 Å². The number of carbonyl (C=O) groups is 6. The average molecular weight is 701 g/mol. The minimum atomic E-state index is -1.35. The monoisotopic (exact) mass is 700 g/mol. The van der Waals surface area contributed by atoms with Gasteiger partial charge in [0.25, 0.3) is 0 Å². The molecule has 2 heterocycles. The van der Waals surface area contributed by atoms with E-state index in [0.717, 1.165) is 10.9 Å². The van der Waals surface area contributed by atoms with Crippen molar-refractivity contribution in [1.82, 2.24) is 25.8 Å². The fourth-order valence-corrected chi connectivity index (χ4v) is 5.86. The Hall–Kier alpha value is -5.23. The SMILES string of the molecule is NCCCC[C@H](NC(=O)[C@H](CCCN=C(N)N)NC(=O)[C@H](Cc1c[nH]c2ccccc12)NC(=O)[C@@H]1CCCN1C(=O)[C@@H](N)CC(=O)O)C(=O)O. The summed E-state index contributed by atoms with van der Waals surface area (Å²) in [6.07, 6.45) is 3.20. The van der Waals surface area contributed by atoms with Crippen LogP contribution >= 0.6 is 0 Å². The molecule has 0 spiro atoms. The van der Waals surface area contributed by atoms with Crippen LogP contribution in [0.2, 0.25) is 0 Å². The Bertz CT molecular complexity index is 1540. The number of aromatic amines is 1. The quantitative estimate of drug-likeness (QED) is 0.0417. The van der Waals surface area contributed by atoms with Crippen LogP contribution in [0, 0.1) is 0 Å². The van der Waals surface area contributed by atoms with Crippen LogP contribution in [0.5, 0.6) is 0 Å². The zero-order chi connectivity index (χ0) is 36.8. The highest BCUT2D eigenvalue weighted by Crippen LogP contribution is 2.22. The van der Waals surface area contributed by atoms with Gasteiger partial charge in [0.15, 0.2) is 5.96 Å². The number of para-hydroxylation sites is 1. The first-order chi connectivity index (χ1) is 23.8. The molecule has 1 aliphatic heterocycles. The van der Waals surface area contributed by atoms with Crippen LogP contribution in [0.15, 0.2) is 35.5 Å². The fourth-order valence-electron chi connectivity index (χ4n) is 5.86. The predicted octanol–water partition coefficient (Wildman–Crippen LogP) is -1.77. The van der Waals surface area contributed by atoms with Crippen LogP contribution in [0.3, 0.4) is 0 Å². The number of aromatic nitrogens is 1. The third-order valence-electron chi connectivity index (χ3n) is 8.42. The first-order valence-electron chi connectivity index (χ1n) is 16.5. The maximum atomic E-state index is 14.0. The first kappa shape index (κ1) is 39.2. The number of fused-ring (bicyclic) bond motifs is 1. The van der Waals surface area contributed by atoms with Crippen LogP contribution in [0.1, 0.15) is 56.9 Å². The van der Waals surface area contributed by atoms with Gasteiger partial charge in [-0.3, -0.25) is 29.0 Å². The lowest BCUT2D eigenvalue weighted by atomic mass is 10.0. The van der Waals surface area contributed by atoms with Crippen LogP contribution in [0.25, 0.3) is 10.9 Å². The Balaban J connectivity index is 1.88. The number of nitrogens with two attached hydrogens (primary N) is 4. The van der Waals surface area contributed by atoms with Crippen LogP contribution in [-0.2, 0) is 35.2 Å². The van der Waals surface area contributed by atoms with Crippen molar-refractivity contribution in [3.8, 4) is 0 Å². The molecule has 14 N–H and O–H groups in total. The van der Waals surface area contributed by atoms with Gasteiger partial charge in [-0.1, -0.05) is 18.2 Å². The minimum Gasteiger partial charge on any atom is -0.481 e. The third kappa shape index (κ3) is 11.4. The molecule has 18 heteroatoms. The van der Waals surface area contributed by atoms with Gasteiger partial charge in [-0.15, -0.1) is 0 Å². The maximum Gasteiger partial charge on any atom is 0.326 e. The molecule has 1 aromatic carbocycles. The molecule has 0 bridgehead atoms. The van der Waals surface area contributed by atoms with Gasteiger partial charge in [-0.25, -0.2) is 4.79 Å². The molecule has 1 aliphatic rings. The van der Waals surface area contributed by atoms with Crippen molar-refractivity contribution in [3.63, 3.8) is 0 Å². The predicted molar refractivity (Wildman–Crippen MR) is 183 cm³/mol. The van der Waals surface area contributed by atoms with Crippen molar-refractivity contribution in [3.05, 3.63) is 36.0 Å². The number of H-pyrrole nitrogens is 1. The summed E-state index contributed by atoms with van der Waals surface area (Å²) in [4.78, 5) is 85.5. The largest absolute Gasteiger partial charge is 0.481 e. The van der Waals surface area contributed by atoms with E-state index in [2.05, 4.69) is 25.9 Å². The topological polar surface area (TPSA) is 314 Å². The Kier molecular flexibility index (Phi) is 15.0. The number of nitrogens with zero attached hydrogens (tertiary/aromatic N) is 2. The number of likely N-dealkylation sites (tertiary alicyclic amines) is 1. The molecular weight excluding hydrogens is 652 g/mol. The summed E-state index contributed by atoms with van der Waals surface area (Å²) in [5, 5.41) is 27.5. The number of nitrogens with one attached hydrogen (secondary N) is 4. The molecule has 5 atom stereocenters. The Morgan fingerprint density at radius 3 is 2.30 bits per heavy atom. The summed E-state index contributed by atoms with van der Waals surface area (Å²) in [5.41, 5.74) is 23.7. The van der Waals surface area contributed by atoms with Gasteiger partial charge in [0, 0.05) is 36.6 Å². The molecule has 274 valence electrons. The Morgan fingerprint density at radius 1 is 0.940 bits per heavy atom. The molecule has 1 fully saturated rings. The average Bonchev–Trinajstić information content (AvgIpc) is 3.72. The lowest BCUT2D eigenvalue weighted by Crippen LogP contribution is -2.58. The second-order valence-corrected chi connectivity index (χ2v) is 12.2. The highest BCUT2D eigenvalue weighted by atomic mass is 16.4. The van der Waals surface area contributed by atoms with Crippen LogP contribution in [0.4, 0.5) is 0 Å². The number of amides is 4. The zero-order valence-corrected chi connectivity index (χ0v) is 27.8. The van der Waals surface area contributed by atoms with Gasteiger partial charge in [-0.2, -0.15) is 0 Å². The van der Waals surface area contributed by atoms with Crippen molar-refractivity contribution >= 4 is 52.4 Å². The van der Waals surface area contributed by atoms with Crippen molar-refractivity contribution < 1.29 is 39.0 Å². The van der Waals surface area contributed by atoms with E-state index in [-0.39, 0.29) is 51.2 Å². The van der Waals surface area contributed by atoms with Gasteiger partial charge in [0.05, 0.1) is 12.5 Å². The van der Waals surface area contributed by atoms with Crippen LogP contribution in [-0.4, -0.2) is 111 Å². The van der Waals surface area contributed by atoms with E-state index >= 15 is 0 Å². The number of carboxylic acid groups (broad SMARTS) is 2. The molecule has 4 amide bonds. The second kappa shape index (κ2) is 19.1. The van der Waals surface area contributed by atoms with E-state index in [9.17, 15) is 33.9 Å². The number of carbonyl (C=O) groups excluding carboxylic acids is 4. The van der Waals surface area contributed by atoms with Crippen molar-refractivity contribution in [2.45, 2.75) is 88.0 Å². The number of carboxylic acids is 2. The summed E-state index contributed by atoms with van der Waals surface area (Å²) < 4.78 is 0. The standard InChI is InChI=1S/C32H48N10O8/c33-12-4-3-9-23(31(49)50)40-27(45)22(10-5-13-37-32(35)36)39-28(46)24(15-18-17-38-21-8-2-1-7-19(18)21)41-29(47)25-11-6-14-42(25)30(48)20(34)16-26(43)44/h1-2,7-8,17,20,22-25,38H,3-6,9-16,33-34H2,(H,39,46)(H,40,45)(H,41,47)(H,43,44)(H,49,50)(H4,35,36,37)/t20-,22-,23-,24-,25-/m0/s1. The van der Waals surface area contributed by atoms with E-state index in [1.807, 2.05) is 24.3 Å². The summed E-state index contributed by atoms with van der Waals surface area (Å²) >= 11 is 0. The number of aliphatic imine (C=N–C) groups is 1.